The first-order valence-corrected chi connectivity index (χ1v) is 12.8. The van der Waals surface area contributed by atoms with Gasteiger partial charge in [0.05, 0.1) is 6.54 Å². The van der Waals surface area contributed by atoms with Crippen molar-refractivity contribution in [3.63, 3.8) is 0 Å². The van der Waals surface area contributed by atoms with E-state index < -0.39 is 24.3 Å². The normalized spacial score (nSPS) is 23.1. The summed E-state index contributed by atoms with van der Waals surface area (Å²) < 4.78 is 5.38. The van der Waals surface area contributed by atoms with E-state index in [4.69, 9.17) is 4.74 Å². The van der Waals surface area contributed by atoms with E-state index in [-0.39, 0.29) is 84.6 Å². The maximum atomic E-state index is 13.4. The molecule has 3 aliphatic heterocycles. The molecule has 12 heteroatoms. The highest BCUT2D eigenvalue weighted by atomic mass is 32.1. The Kier molecular flexibility index (Phi) is 16.1. The number of aliphatic hydroxyl groups excluding tert-OH is 1. The second-order valence-electron chi connectivity index (χ2n) is 10.3. The lowest BCUT2D eigenvalue weighted by atomic mass is 10.0. The summed E-state index contributed by atoms with van der Waals surface area (Å²) in [6, 6.07) is 5.95. The van der Waals surface area contributed by atoms with Gasteiger partial charge in [0.25, 0.3) is 5.91 Å². The number of likely N-dealkylation sites (tertiary alicyclic amines) is 1. The standard InChI is InChI=1S/C26H38N4O5.CH4.3H2S/c1-4-9-28-10-12-29(13-11-28)19-7-5-18(6-8-19)25(33)27-20(14-17(2)3)26(34)30-15-21(31)24-23(30)22(32)16-35-24;;;;/h5-8,17,20-21,23-24,31H,4,9-16H2,1-3H3,(H,27,33);1H4;3*1H2/t20-,21+,23+,24+;;;;/m0..../s1. The van der Waals surface area contributed by atoms with Crippen LogP contribution in [0.5, 0.6) is 0 Å². The maximum Gasteiger partial charge on any atom is 0.251 e. The SMILES string of the molecule is C.CCCN1CCN(c2ccc(C(=O)N[C@@H](CC(C)C)C(=O)N3C[C@@H](O)[C@H]4OCC(=O)[C@H]43)cc2)CC1.S.S.S. The number of hydrogen-bond acceptors (Lipinski definition) is 7. The highest BCUT2D eigenvalue weighted by Gasteiger charge is 2.52. The topological polar surface area (TPSA) is 102 Å². The summed E-state index contributed by atoms with van der Waals surface area (Å²) in [4.78, 5) is 44.9. The minimum atomic E-state index is -0.901. The number of rotatable bonds is 8. The average Bonchev–Trinajstić information content (AvgIpc) is 3.39. The van der Waals surface area contributed by atoms with Crippen molar-refractivity contribution in [2.24, 2.45) is 5.92 Å². The third-order valence-corrected chi connectivity index (χ3v) is 7.16. The number of hydrogen-bond donors (Lipinski definition) is 2. The van der Waals surface area contributed by atoms with Gasteiger partial charge in [0.2, 0.25) is 5.91 Å². The van der Waals surface area contributed by atoms with Crippen LogP contribution in [0.3, 0.4) is 0 Å². The Morgan fingerprint density at radius 2 is 1.69 bits per heavy atom. The van der Waals surface area contributed by atoms with E-state index in [0.29, 0.717) is 12.0 Å². The fraction of sp³-hybridized carbons (Fsp3) is 0.667. The molecule has 2 N–H and O–H groups in total. The van der Waals surface area contributed by atoms with E-state index in [1.807, 2.05) is 26.0 Å². The first-order chi connectivity index (χ1) is 16.8. The Labute approximate surface area is 254 Å². The van der Waals surface area contributed by atoms with Crippen molar-refractivity contribution in [1.29, 1.82) is 0 Å². The number of aliphatic hydroxyl groups is 1. The zero-order chi connectivity index (χ0) is 25.1. The lowest BCUT2D eigenvalue weighted by molar-refractivity contribution is -0.138. The van der Waals surface area contributed by atoms with Gasteiger partial charge in [-0.15, -0.1) is 0 Å². The van der Waals surface area contributed by atoms with Crippen molar-refractivity contribution >= 4 is 63.8 Å². The highest BCUT2D eigenvalue weighted by molar-refractivity contribution is 7.59. The second-order valence-corrected chi connectivity index (χ2v) is 10.3. The molecule has 3 saturated heterocycles. The van der Waals surface area contributed by atoms with Gasteiger partial charge in [-0.2, -0.15) is 40.5 Å². The Hall–Kier alpha value is -1.44. The van der Waals surface area contributed by atoms with Gasteiger partial charge in [-0.05, 0) is 49.6 Å². The monoisotopic (exact) mass is 604 g/mol. The molecule has 3 heterocycles. The van der Waals surface area contributed by atoms with Crippen molar-refractivity contribution in [2.45, 2.75) is 65.3 Å². The molecule has 2 amide bonds. The molecule has 9 nitrogen and oxygen atoms in total. The Bertz CT molecular complexity index is 929. The number of fused-ring (bicyclic) bond motifs is 1. The predicted octanol–water partition coefficient (Wildman–Crippen LogP) is 1.88. The lowest BCUT2D eigenvalue weighted by Crippen LogP contribution is -2.52. The second kappa shape index (κ2) is 16.7. The van der Waals surface area contributed by atoms with Crippen LogP contribution in [0, 0.1) is 5.92 Å². The van der Waals surface area contributed by atoms with Crippen molar-refractivity contribution in [3.05, 3.63) is 29.8 Å². The van der Waals surface area contributed by atoms with E-state index in [1.54, 1.807) is 12.1 Å². The molecule has 0 spiro atoms. The number of ether oxygens (including phenoxy) is 1. The summed E-state index contributed by atoms with van der Waals surface area (Å²) >= 11 is 0. The van der Waals surface area contributed by atoms with Gasteiger partial charge >= 0.3 is 0 Å². The van der Waals surface area contributed by atoms with Crippen LogP contribution in [-0.2, 0) is 14.3 Å². The smallest absolute Gasteiger partial charge is 0.251 e. The number of benzene rings is 1. The number of carbonyl (C=O) groups excluding carboxylic acids is 3. The maximum absolute atomic E-state index is 13.4. The highest BCUT2D eigenvalue weighted by Crippen LogP contribution is 2.29. The molecule has 3 fully saturated rings. The lowest BCUT2D eigenvalue weighted by Gasteiger charge is -2.36. The van der Waals surface area contributed by atoms with Crippen LogP contribution in [0.1, 0.15) is 51.4 Å². The van der Waals surface area contributed by atoms with Gasteiger partial charge in [-0.3, -0.25) is 19.3 Å². The summed E-state index contributed by atoms with van der Waals surface area (Å²) in [7, 11) is 0. The molecule has 4 atom stereocenters. The Morgan fingerprint density at radius 1 is 1.08 bits per heavy atom. The van der Waals surface area contributed by atoms with E-state index in [9.17, 15) is 19.5 Å². The number of Topliss-reactive ketones (excluding diaryl/α,β-unsaturated/α-hetero) is 1. The molecule has 0 aromatic heterocycles. The number of anilines is 1. The fourth-order valence-corrected chi connectivity index (χ4v) is 5.36. The molecule has 0 aliphatic carbocycles. The number of carbonyl (C=O) groups is 3. The first kappa shape index (κ1) is 37.6. The number of ketones is 1. The van der Waals surface area contributed by atoms with E-state index in [1.165, 1.54) is 4.90 Å². The zero-order valence-electron chi connectivity index (χ0n) is 22.5. The summed E-state index contributed by atoms with van der Waals surface area (Å²) in [5.74, 6) is -0.731. The van der Waals surface area contributed by atoms with Crippen LogP contribution in [0.2, 0.25) is 0 Å². The third-order valence-electron chi connectivity index (χ3n) is 7.16. The molecule has 39 heavy (non-hydrogen) atoms. The van der Waals surface area contributed by atoms with Gasteiger partial charge < -0.3 is 25.0 Å². The van der Waals surface area contributed by atoms with Crippen molar-refractivity contribution in [2.75, 3.05) is 50.8 Å². The van der Waals surface area contributed by atoms with Crippen molar-refractivity contribution in [3.8, 4) is 0 Å². The van der Waals surface area contributed by atoms with Crippen LogP contribution in [-0.4, -0.2) is 103 Å². The largest absolute Gasteiger partial charge is 0.388 e. The summed E-state index contributed by atoms with van der Waals surface area (Å²) in [6.45, 7) is 11.2. The molecule has 224 valence electrons. The van der Waals surface area contributed by atoms with Crippen LogP contribution in [0.4, 0.5) is 5.69 Å². The number of amides is 2. The van der Waals surface area contributed by atoms with Crippen molar-refractivity contribution in [1.82, 2.24) is 15.1 Å². The predicted molar refractivity (Wildman–Crippen MR) is 170 cm³/mol. The average molecular weight is 605 g/mol. The van der Waals surface area contributed by atoms with Gasteiger partial charge in [0, 0.05) is 37.4 Å². The first-order valence-electron chi connectivity index (χ1n) is 12.8. The minimum absolute atomic E-state index is 0. The van der Waals surface area contributed by atoms with E-state index in [0.717, 1.165) is 44.8 Å². The number of β-amino-alcohol motifs (C(OH)–C–C–N with tert-alkyl or cyclic N) is 1. The van der Waals surface area contributed by atoms with Crippen LogP contribution in [0.15, 0.2) is 24.3 Å². The van der Waals surface area contributed by atoms with Gasteiger partial charge in [0.1, 0.15) is 30.9 Å². The van der Waals surface area contributed by atoms with Crippen LogP contribution in [0.25, 0.3) is 0 Å². The molecule has 1 aromatic carbocycles. The fourth-order valence-electron chi connectivity index (χ4n) is 5.36. The quantitative estimate of drug-likeness (QED) is 0.467. The summed E-state index contributed by atoms with van der Waals surface area (Å²) in [5.41, 5.74) is 1.57. The summed E-state index contributed by atoms with van der Waals surface area (Å²) in [6.07, 6.45) is 0.0118. The summed E-state index contributed by atoms with van der Waals surface area (Å²) in [5, 5.41) is 13.2. The minimum Gasteiger partial charge on any atom is -0.388 e. The van der Waals surface area contributed by atoms with Crippen LogP contribution < -0.4 is 10.2 Å². The molecular weight excluding hydrogens is 557 g/mol. The zero-order valence-corrected chi connectivity index (χ0v) is 25.5. The Balaban J connectivity index is 0.00000361. The Morgan fingerprint density at radius 3 is 2.26 bits per heavy atom. The van der Waals surface area contributed by atoms with Crippen molar-refractivity contribution < 1.29 is 24.2 Å². The molecule has 0 unspecified atom stereocenters. The molecule has 1 aromatic rings. The van der Waals surface area contributed by atoms with Gasteiger partial charge in [-0.25, -0.2) is 0 Å². The molecular formula is C27H48N4O5S3. The molecule has 0 saturated carbocycles. The molecule has 3 aliphatic rings. The molecule has 0 radical (unpaired) electrons. The van der Waals surface area contributed by atoms with Gasteiger partial charge in [0.15, 0.2) is 5.78 Å². The van der Waals surface area contributed by atoms with E-state index >= 15 is 0 Å². The van der Waals surface area contributed by atoms with E-state index in [2.05, 4.69) is 22.0 Å². The number of piperazine rings is 1. The van der Waals surface area contributed by atoms with Crippen LogP contribution >= 0.6 is 40.5 Å². The molecule has 0 bridgehead atoms. The third kappa shape index (κ3) is 8.77. The van der Waals surface area contributed by atoms with Gasteiger partial charge in [-0.1, -0.05) is 28.2 Å². The number of nitrogens with zero attached hydrogens (tertiary/aromatic N) is 3. The number of nitrogens with one attached hydrogen (secondary N) is 1. The molecule has 4 rings (SSSR count).